The molecule has 2 saturated heterocycles. The van der Waals surface area contributed by atoms with E-state index in [0.29, 0.717) is 12.1 Å². The van der Waals surface area contributed by atoms with Crippen LogP contribution in [0.15, 0.2) is 24.3 Å². The number of likely N-dealkylation sites (tertiary alicyclic amines) is 1. The maximum Gasteiger partial charge on any atom is 0.573 e. The van der Waals surface area contributed by atoms with E-state index in [9.17, 15) is 13.2 Å². The minimum absolute atomic E-state index is 0.154. The molecule has 0 aromatic heterocycles. The van der Waals surface area contributed by atoms with Gasteiger partial charge in [-0.1, -0.05) is 18.6 Å². The Bertz CT molecular complexity index is 471. The summed E-state index contributed by atoms with van der Waals surface area (Å²) in [6.07, 6.45) is -1.20. The van der Waals surface area contributed by atoms with E-state index in [0.717, 1.165) is 31.6 Å². The maximum atomic E-state index is 12.2. The summed E-state index contributed by atoms with van der Waals surface area (Å²) in [5.41, 5.74) is 1.08. The molecule has 116 valence electrons. The van der Waals surface area contributed by atoms with Crippen molar-refractivity contribution in [1.29, 1.82) is 0 Å². The largest absolute Gasteiger partial charge is 0.573 e. The third kappa shape index (κ3) is 3.49. The summed E-state index contributed by atoms with van der Waals surface area (Å²) >= 11 is 0. The lowest BCUT2D eigenvalue weighted by molar-refractivity contribution is -0.274. The molecule has 1 atom stereocenters. The summed E-state index contributed by atoms with van der Waals surface area (Å²) in [5.74, 6) is -0.154. The second kappa shape index (κ2) is 5.85. The molecule has 1 aromatic carbocycles. The van der Waals surface area contributed by atoms with Crippen molar-refractivity contribution in [3.63, 3.8) is 0 Å². The highest BCUT2D eigenvalue weighted by Gasteiger charge is 2.33. The van der Waals surface area contributed by atoms with E-state index in [2.05, 4.69) is 15.0 Å². The fourth-order valence-electron chi connectivity index (χ4n) is 3.15. The third-order valence-electron chi connectivity index (χ3n) is 4.27. The van der Waals surface area contributed by atoms with Gasteiger partial charge in [0.05, 0.1) is 0 Å². The molecule has 0 amide bonds. The number of hydrogen-bond acceptors (Lipinski definition) is 3. The highest BCUT2D eigenvalue weighted by atomic mass is 19.4. The molecule has 0 saturated carbocycles. The summed E-state index contributed by atoms with van der Waals surface area (Å²) in [6.45, 7) is 3.08. The van der Waals surface area contributed by atoms with Gasteiger partial charge in [-0.15, -0.1) is 13.2 Å². The van der Waals surface area contributed by atoms with Crippen LogP contribution in [0.1, 0.15) is 30.9 Å². The van der Waals surface area contributed by atoms with E-state index in [-0.39, 0.29) is 5.75 Å². The molecule has 2 aliphatic heterocycles. The number of rotatable bonds is 3. The highest BCUT2D eigenvalue weighted by molar-refractivity contribution is 5.30. The monoisotopic (exact) mass is 300 g/mol. The molecule has 3 rings (SSSR count). The number of piperidine rings is 1. The molecule has 3 nitrogen and oxygen atoms in total. The lowest BCUT2D eigenvalue weighted by Crippen LogP contribution is -2.58. The van der Waals surface area contributed by atoms with Crippen LogP contribution < -0.4 is 10.1 Å². The average molecular weight is 300 g/mol. The van der Waals surface area contributed by atoms with Gasteiger partial charge in [0.2, 0.25) is 0 Å². The van der Waals surface area contributed by atoms with E-state index in [1.165, 1.54) is 25.0 Å². The number of halogens is 3. The van der Waals surface area contributed by atoms with Crippen LogP contribution in [0.25, 0.3) is 0 Å². The van der Waals surface area contributed by atoms with Crippen molar-refractivity contribution in [2.24, 2.45) is 0 Å². The van der Waals surface area contributed by atoms with Crippen molar-refractivity contribution in [1.82, 2.24) is 10.2 Å². The van der Waals surface area contributed by atoms with Crippen molar-refractivity contribution in [2.45, 2.75) is 37.7 Å². The Hall–Kier alpha value is -1.27. The van der Waals surface area contributed by atoms with E-state index < -0.39 is 6.36 Å². The summed E-state index contributed by atoms with van der Waals surface area (Å²) in [5, 5.41) is 3.28. The molecule has 0 spiro atoms. The van der Waals surface area contributed by atoms with Gasteiger partial charge >= 0.3 is 6.36 Å². The lowest BCUT2D eigenvalue weighted by atomic mass is 9.92. The smallest absolute Gasteiger partial charge is 0.406 e. The molecule has 0 aliphatic carbocycles. The van der Waals surface area contributed by atoms with Crippen LogP contribution in [0.5, 0.6) is 5.75 Å². The van der Waals surface area contributed by atoms with Crippen LogP contribution in [0.3, 0.4) is 0 Å². The van der Waals surface area contributed by atoms with Gasteiger partial charge in [0.25, 0.3) is 0 Å². The zero-order chi connectivity index (χ0) is 14.9. The first-order valence-electron chi connectivity index (χ1n) is 7.35. The van der Waals surface area contributed by atoms with Crippen LogP contribution in [-0.2, 0) is 0 Å². The molecule has 0 bridgehead atoms. The molecule has 1 aromatic rings. The Labute approximate surface area is 122 Å². The van der Waals surface area contributed by atoms with Crippen LogP contribution in [0.2, 0.25) is 0 Å². The quantitative estimate of drug-likeness (QED) is 0.928. The standard InChI is InChI=1S/C15H19F3N2O/c16-15(17,18)21-13-6-4-11(5-7-13)14-3-1-2-8-20(14)12-9-19-10-12/h4-7,12,14,19H,1-3,8-10H2. The van der Waals surface area contributed by atoms with Gasteiger partial charge in [0.15, 0.2) is 0 Å². The topological polar surface area (TPSA) is 24.5 Å². The molecule has 21 heavy (non-hydrogen) atoms. The number of alkyl halides is 3. The third-order valence-corrected chi connectivity index (χ3v) is 4.27. The highest BCUT2D eigenvalue weighted by Crippen LogP contribution is 2.34. The van der Waals surface area contributed by atoms with Crippen LogP contribution >= 0.6 is 0 Å². The first-order chi connectivity index (χ1) is 10.0. The number of benzene rings is 1. The predicted octanol–water partition coefficient (Wildman–Crippen LogP) is 3.08. The van der Waals surface area contributed by atoms with Gasteiger partial charge in [-0.25, -0.2) is 0 Å². The molecule has 2 heterocycles. The van der Waals surface area contributed by atoms with E-state index in [4.69, 9.17) is 0 Å². The molecule has 6 heteroatoms. The number of nitrogens with one attached hydrogen (secondary N) is 1. The minimum Gasteiger partial charge on any atom is -0.406 e. The Balaban J connectivity index is 1.72. The van der Waals surface area contributed by atoms with Gasteiger partial charge in [-0.3, -0.25) is 4.90 Å². The Morgan fingerprint density at radius 2 is 1.81 bits per heavy atom. The zero-order valence-electron chi connectivity index (χ0n) is 11.7. The number of ether oxygens (including phenoxy) is 1. The van der Waals surface area contributed by atoms with Crippen molar-refractivity contribution in [3.05, 3.63) is 29.8 Å². The molecular formula is C15H19F3N2O. The van der Waals surface area contributed by atoms with Crippen molar-refractivity contribution in [3.8, 4) is 5.75 Å². The van der Waals surface area contributed by atoms with Gasteiger partial charge in [-0.05, 0) is 37.1 Å². The van der Waals surface area contributed by atoms with Gasteiger partial charge in [0.1, 0.15) is 5.75 Å². The van der Waals surface area contributed by atoms with Gasteiger partial charge in [-0.2, -0.15) is 0 Å². The number of hydrogen-bond donors (Lipinski definition) is 1. The fourth-order valence-corrected chi connectivity index (χ4v) is 3.15. The summed E-state index contributed by atoms with van der Waals surface area (Å²) < 4.78 is 40.5. The summed E-state index contributed by atoms with van der Waals surface area (Å²) in [7, 11) is 0. The Morgan fingerprint density at radius 1 is 1.10 bits per heavy atom. The van der Waals surface area contributed by atoms with Crippen molar-refractivity contribution >= 4 is 0 Å². The van der Waals surface area contributed by atoms with Crippen LogP contribution in [0, 0.1) is 0 Å². The first-order valence-corrected chi connectivity index (χ1v) is 7.35. The second-order valence-electron chi connectivity index (χ2n) is 5.68. The zero-order valence-corrected chi connectivity index (χ0v) is 11.7. The Kier molecular flexibility index (Phi) is 4.08. The normalized spacial score (nSPS) is 24.6. The number of nitrogens with zero attached hydrogens (tertiary/aromatic N) is 1. The van der Waals surface area contributed by atoms with E-state index in [1.54, 1.807) is 12.1 Å². The summed E-state index contributed by atoms with van der Waals surface area (Å²) in [6, 6.07) is 7.21. The summed E-state index contributed by atoms with van der Waals surface area (Å²) in [4.78, 5) is 2.49. The van der Waals surface area contributed by atoms with Gasteiger partial charge < -0.3 is 10.1 Å². The maximum absolute atomic E-state index is 12.2. The molecular weight excluding hydrogens is 281 g/mol. The molecule has 1 unspecified atom stereocenters. The Morgan fingerprint density at radius 3 is 2.38 bits per heavy atom. The minimum atomic E-state index is -4.63. The molecule has 2 fully saturated rings. The molecule has 1 N–H and O–H groups in total. The van der Waals surface area contributed by atoms with Crippen LogP contribution in [0.4, 0.5) is 13.2 Å². The first kappa shape index (κ1) is 14.7. The van der Waals surface area contributed by atoms with Crippen LogP contribution in [-0.4, -0.2) is 36.9 Å². The van der Waals surface area contributed by atoms with E-state index >= 15 is 0 Å². The molecule has 2 aliphatic rings. The van der Waals surface area contributed by atoms with Gasteiger partial charge in [0, 0.05) is 25.2 Å². The lowest BCUT2D eigenvalue weighted by Gasteiger charge is -2.45. The fraction of sp³-hybridized carbons (Fsp3) is 0.600. The van der Waals surface area contributed by atoms with E-state index in [1.807, 2.05) is 0 Å². The van der Waals surface area contributed by atoms with Crippen molar-refractivity contribution in [2.75, 3.05) is 19.6 Å². The SMILES string of the molecule is FC(F)(F)Oc1ccc(C2CCCCN2C2CNC2)cc1. The van der Waals surface area contributed by atoms with Crippen molar-refractivity contribution < 1.29 is 17.9 Å². The second-order valence-corrected chi connectivity index (χ2v) is 5.68. The molecule has 0 radical (unpaired) electrons. The average Bonchev–Trinajstić information content (AvgIpc) is 2.37. The predicted molar refractivity (Wildman–Crippen MR) is 73.1 cm³/mol.